The van der Waals surface area contributed by atoms with E-state index in [1.54, 1.807) is 6.92 Å². The number of aliphatic hydroxyl groups is 2. The Morgan fingerprint density at radius 1 is 1.16 bits per heavy atom. The molecule has 2 rings (SSSR count). The number of aromatic hydroxyl groups is 2. The Kier molecular flexibility index (Phi) is 6.00. The fourth-order valence-electron chi connectivity index (χ4n) is 2.31. The maximum absolute atomic E-state index is 12.3. The fourth-order valence-corrected chi connectivity index (χ4v) is 2.31. The second kappa shape index (κ2) is 8.00. The van der Waals surface area contributed by atoms with Crippen LogP contribution < -0.4 is 4.74 Å². The lowest BCUT2D eigenvalue weighted by atomic mass is 10.1. The molecule has 1 aromatic carbocycles. The number of ether oxygens (including phenoxy) is 2. The largest absolute Gasteiger partial charge is 0.508 e. The van der Waals surface area contributed by atoms with Crippen LogP contribution in [0.25, 0.3) is 0 Å². The standard InChI is InChI=1S/C17H20O8/c1-9-3-2-4-11(19)16(22)12(20)5-6-24-14-8-10(18)7-13(21)15(14)17(23)25-9/h2,4,7-9,12,16,18,20-22H,3,5-6H2,1H3/b4-2-/t9-,12-,16+/m0/s1. The Morgan fingerprint density at radius 3 is 2.60 bits per heavy atom. The zero-order chi connectivity index (χ0) is 18.6. The average Bonchev–Trinajstić information content (AvgIpc) is 2.52. The van der Waals surface area contributed by atoms with Gasteiger partial charge < -0.3 is 29.9 Å². The SMILES string of the molecule is C[C@H]1C/C=C\C(=O)[C@@H](O)[C@@H](O)CCOc2cc(O)cc(O)c2C(=O)O1. The molecule has 0 saturated heterocycles. The first-order valence-corrected chi connectivity index (χ1v) is 7.76. The number of esters is 1. The lowest BCUT2D eigenvalue weighted by Crippen LogP contribution is -2.34. The predicted molar refractivity (Wildman–Crippen MR) is 85.5 cm³/mol. The van der Waals surface area contributed by atoms with Crippen LogP contribution in [-0.2, 0) is 9.53 Å². The summed E-state index contributed by atoms with van der Waals surface area (Å²) >= 11 is 0. The van der Waals surface area contributed by atoms with Gasteiger partial charge in [0.1, 0.15) is 35.0 Å². The molecule has 0 aliphatic carbocycles. The van der Waals surface area contributed by atoms with Gasteiger partial charge >= 0.3 is 5.97 Å². The van der Waals surface area contributed by atoms with Crippen LogP contribution >= 0.6 is 0 Å². The van der Waals surface area contributed by atoms with Crippen LogP contribution in [0.5, 0.6) is 17.2 Å². The minimum absolute atomic E-state index is 0.109. The minimum atomic E-state index is -1.60. The lowest BCUT2D eigenvalue weighted by molar-refractivity contribution is -0.128. The van der Waals surface area contributed by atoms with E-state index in [9.17, 15) is 30.0 Å². The van der Waals surface area contributed by atoms with E-state index in [1.807, 2.05) is 0 Å². The molecule has 25 heavy (non-hydrogen) atoms. The third-order valence-electron chi connectivity index (χ3n) is 3.66. The van der Waals surface area contributed by atoms with Crippen molar-refractivity contribution in [2.75, 3.05) is 6.61 Å². The van der Waals surface area contributed by atoms with E-state index in [1.165, 1.54) is 6.08 Å². The van der Waals surface area contributed by atoms with Gasteiger partial charge in [-0.15, -0.1) is 0 Å². The number of hydrogen-bond acceptors (Lipinski definition) is 8. The molecule has 0 saturated carbocycles. The predicted octanol–water partition coefficient (Wildman–Crippen LogP) is 0.663. The summed E-state index contributed by atoms with van der Waals surface area (Å²) < 4.78 is 10.5. The van der Waals surface area contributed by atoms with Crippen LogP contribution in [0.15, 0.2) is 24.3 Å². The highest BCUT2D eigenvalue weighted by Gasteiger charge is 2.25. The molecule has 8 nitrogen and oxygen atoms in total. The average molecular weight is 352 g/mol. The maximum Gasteiger partial charge on any atom is 0.346 e. The summed E-state index contributed by atoms with van der Waals surface area (Å²) in [5.74, 6) is -2.48. The molecular formula is C17H20O8. The van der Waals surface area contributed by atoms with Crippen molar-refractivity contribution in [3.8, 4) is 17.2 Å². The quantitative estimate of drug-likeness (QED) is 0.501. The lowest BCUT2D eigenvalue weighted by Gasteiger charge is -2.19. The highest BCUT2D eigenvalue weighted by Crippen LogP contribution is 2.34. The van der Waals surface area contributed by atoms with Gasteiger partial charge in [-0.2, -0.15) is 0 Å². The van der Waals surface area contributed by atoms with Crippen molar-refractivity contribution in [3.05, 3.63) is 29.8 Å². The topological polar surface area (TPSA) is 134 Å². The highest BCUT2D eigenvalue weighted by molar-refractivity contribution is 5.96. The van der Waals surface area contributed by atoms with E-state index in [-0.39, 0.29) is 36.5 Å². The van der Waals surface area contributed by atoms with Gasteiger partial charge in [0.25, 0.3) is 0 Å². The van der Waals surface area contributed by atoms with Crippen LogP contribution in [-0.4, -0.2) is 57.1 Å². The second-order valence-electron chi connectivity index (χ2n) is 5.74. The van der Waals surface area contributed by atoms with Crippen LogP contribution in [0.1, 0.15) is 30.1 Å². The Morgan fingerprint density at radius 2 is 1.88 bits per heavy atom. The molecule has 0 amide bonds. The van der Waals surface area contributed by atoms with E-state index in [2.05, 4.69) is 0 Å². The summed E-state index contributed by atoms with van der Waals surface area (Å²) in [5, 5.41) is 39.1. The van der Waals surface area contributed by atoms with Gasteiger partial charge in [-0.1, -0.05) is 6.08 Å². The highest BCUT2D eigenvalue weighted by atomic mass is 16.5. The summed E-state index contributed by atoms with van der Waals surface area (Å²) in [7, 11) is 0. The molecule has 1 aliphatic heterocycles. The Bertz CT molecular complexity index is 681. The number of aliphatic hydroxyl groups excluding tert-OH is 2. The van der Waals surface area contributed by atoms with Crippen molar-refractivity contribution < 1.29 is 39.5 Å². The van der Waals surface area contributed by atoms with Gasteiger partial charge in [-0.05, 0) is 13.0 Å². The molecule has 1 heterocycles. The second-order valence-corrected chi connectivity index (χ2v) is 5.74. The third kappa shape index (κ3) is 4.71. The van der Waals surface area contributed by atoms with Crippen LogP contribution in [0, 0.1) is 0 Å². The molecule has 1 aromatic rings. The fraction of sp³-hybridized carbons (Fsp3) is 0.412. The van der Waals surface area contributed by atoms with Crippen molar-refractivity contribution in [3.63, 3.8) is 0 Å². The van der Waals surface area contributed by atoms with Crippen LogP contribution in [0.3, 0.4) is 0 Å². The van der Waals surface area contributed by atoms with Crippen LogP contribution in [0.4, 0.5) is 0 Å². The van der Waals surface area contributed by atoms with E-state index >= 15 is 0 Å². The number of fused-ring (bicyclic) bond motifs is 1. The number of ketones is 1. The monoisotopic (exact) mass is 352 g/mol. The number of phenols is 2. The number of hydrogen-bond donors (Lipinski definition) is 4. The molecule has 0 aromatic heterocycles. The molecule has 0 unspecified atom stereocenters. The minimum Gasteiger partial charge on any atom is -0.508 e. The zero-order valence-electron chi connectivity index (χ0n) is 13.6. The third-order valence-corrected chi connectivity index (χ3v) is 3.66. The molecule has 8 heteroatoms. The summed E-state index contributed by atoms with van der Waals surface area (Å²) in [6, 6.07) is 2.11. The molecule has 0 fully saturated rings. The van der Waals surface area contributed by atoms with Gasteiger partial charge in [-0.3, -0.25) is 4.79 Å². The molecular weight excluding hydrogens is 332 g/mol. The Balaban J connectivity index is 2.34. The molecule has 0 spiro atoms. The smallest absolute Gasteiger partial charge is 0.346 e. The Labute approximate surface area is 143 Å². The summed E-state index contributed by atoms with van der Waals surface area (Å²) in [4.78, 5) is 24.0. The van der Waals surface area contributed by atoms with Gasteiger partial charge in [0.05, 0.1) is 12.7 Å². The van der Waals surface area contributed by atoms with Crippen molar-refractivity contribution >= 4 is 11.8 Å². The number of phenolic OH excluding ortho intramolecular Hbond substituents is 2. The van der Waals surface area contributed by atoms with Gasteiger partial charge in [0.15, 0.2) is 5.78 Å². The molecule has 4 N–H and O–H groups in total. The number of carbonyl (C=O) groups excluding carboxylic acids is 2. The van der Waals surface area contributed by atoms with E-state index in [4.69, 9.17) is 9.47 Å². The van der Waals surface area contributed by atoms with E-state index in [0.29, 0.717) is 0 Å². The summed E-state index contributed by atoms with van der Waals surface area (Å²) in [6.07, 6.45) is -0.957. The van der Waals surface area contributed by atoms with Gasteiger partial charge in [-0.25, -0.2) is 4.79 Å². The normalized spacial score (nSPS) is 26.8. The molecule has 1 aliphatic rings. The maximum atomic E-state index is 12.3. The first-order chi connectivity index (χ1) is 11.8. The van der Waals surface area contributed by atoms with Crippen molar-refractivity contribution in [2.45, 2.75) is 38.1 Å². The number of cyclic esters (lactones) is 1. The van der Waals surface area contributed by atoms with Gasteiger partial charge in [0, 0.05) is 25.0 Å². The van der Waals surface area contributed by atoms with Crippen LogP contribution in [0.2, 0.25) is 0 Å². The number of carbonyl (C=O) groups is 2. The van der Waals surface area contributed by atoms with Crippen molar-refractivity contribution in [1.29, 1.82) is 0 Å². The van der Waals surface area contributed by atoms with Gasteiger partial charge in [0.2, 0.25) is 0 Å². The summed E-state index contributed by atoms with van der Waals surface area (Å²) in [5.41, 5.74) is -0.253. The molecule has 3 atom stereocenters. The van der Waals surface area contributed by atoms with Crippen molar-refractivity contribution in [2.24, 2.45) is 0 Å². The van der Waals surface area contributed by atoms with E-state index < -0.39 is 35.8 Å². The first-order valence-electron chi connectivity index (χ1n) is 7.76. The Hall–Kier alpha value is -2.58. The number of benzene rings is 1. The molecule has 0 bridgehead atoms. The van der Waals surface area contributed by atoms with Crippen molar-refractivity contribution in [1.82, 2.24) is 0 Å². The number of rotatable bonds is 0. The molecule has 136 valence electrons. The summed E-state index contributed by atoms with van der Waals surface area (Å²) in [6.45, 7) is 1.41. The first kappa shape index (κ1) is 18.8. The zero-order valence-corrected chi connectivity index (χ0v) is 13.6. The van der Waals surface area contributed by atoms with E-state index in [0.717, 1.165) is 18.2 Å². The molecule has 0 radical (unpaired) electrons.